The van der Waals surface area contributed by atoms with Gasteiger partial charge in [-0.1, -0.05) is 20.8 Å². The first-order valence-corrected chi connectivity index (χ1v) is 11.7. The predicted octanol–water partition coefficient (Wildman–Crippen LogP) is 3.66. The zero-order valence-electron chi connectivity index (χ0n) is 18.1. The lowest BCUT2D eigenvalue weighted by Crippen LogP contribution is -2.64. The standard InChI is InChI=1S/C24H38O5/c1-13(4-7-19(26)27)15-5-6-16-20-17(9-11-23(15,16)2)24(3)10-8-14(25)12-18(24)21(28)22(20)29/h13,15-18,20-22,28-29H,4-12H2,1-3H3,(H,26,27)/t13-,15-,16+,17+,18+,20+,21-,22+,23-,24-/m1/s1. The van der Waals surface area contributed by atoms with E-state index in [4.69, 9.17) is 5.11 Å². The van der Waals surface area contributed by atoms with E-state index < -0.39 is 18.2 Å². The molecule has 0 aromatic carbocycles. The van der Waals surface area contributed by atoms with Crippen LogP contribution in [-0.4, -0.2) is 39.3 Å². The summed E-state index contributed by atoms with van der Waals surface area (Å²) in [5, 5.41) is 31.4. The lowest BCUT2D eigenvalue weighted by molar-refractivity contribution is -0.214. The molecule has 0 aliphatic heterocycles. The van der Waals surface area contributed by atoms with Crippen LogP contribution >= 0.6 is 0 Å². The summed E-state index contributed by atoms with van der Waals surface area (Å²) in [7, 11) is 0. The maximum Gasteiger partial charge on any atom is 0.303 e. The SMILES string of the molecule is C[C@H](CCC(=O)O)[C@H]1CC[C@H]2[C@@H]3[C@H](O)[C@H](O)[C@@H]4CC(=O)CC[C@]4(C)[C@H]3CC[C@]12C. The minimum Gasteiger partial charge on any atom is -0.481 e. The van der Waals surface area contributed by atoms with Crippen LogP contribution in [-0.2, 0) is 9.59 Å². The Labute approximate surface area is 174 Å². The lowest BCUT2D eigenvalue weighted by Gasteiger charge is -2.63. The molecule has 4 saturated carbocycles. The molecular weight excluding hydrogens is 368 g/mol. The number of carbonyl (C=O) groups is 2. The molecule has 0 heterocycles. The summed E-state index contributed by atoms with van der Waals surface area (Å²) in [5.41, 5.74) is 0.0407. The van der Waals surface area contributed by atoms with Crippen molar-refractivity contribution in [2.45, 2.75) is 90.8 Å². The summed E-state index contributed by atoms with van der Waals surface area (Å²) >= 11 is 0. The molecule has 0 amide bonds. The van der Waals surface area contributed by atoms with Crippen molar-refractivity contribution in [3.8, 4) is 0 Å². The maximum atomic E-state index is 12.1. The molecule has 4 aliphatic rings. The summed E-state index contributed by atoms with van der Waals surface area (Å²) in [6.07, 6.45) is 5.54. The highest BCUT2D eigenvalue weighted by molar-refractivity contribution is 5.79. The number of ketones is 1. The number of hydrogen-bond acceptors (Lipinski definition) is 4. The van der Waals surface area contributed by atoms with Crippen LogP contribution < -0.4 is 0 Å². The van der Waals surface area contributed by atoms with Crippen LogP contribution in [0.3, 0.4) is 0 Å². The minimum absolute atomic E-state index is 0.0639. The maximum absolute atomic E-state index is 12.1. The van der Waals surface area contributed by atoms with E-state index >= 15 is 0 Å². The van der Waals surface area contributed by atoms with E-state index in [2.05, 4.69) is 20.8 Å². The summed E-state index contributed by atoms with van der Waals surface area (Å²) in [6, 6.07) is 0. The van der Waals surface area contributed by atoms with E-state index in [0.29, 0.717) is 42.9 Å². The number of carbonyl (C=O) groups excluding carboxylic acids is 1. The Morgan fingerprint density at radius 1 is 1.03 bits per heavy atom. The molecule has 0 aromatic rings. The van der Waals surface area contributed by atoms with E-state index in [9.17, 15) is 19.8 Å². The van der Waals surface area contributed by atoms with Crippen LogP contribution in [0.5, 0.6) is 0 Å². The van der Waals surface area contributed by atoms with E-state index in [0.717, 1.165) is 32.1 Å². The van der Waals surface area contributed by atoms with Crippen LogP contribution in [0.1, 0.15) is 78.6 Å². The van der Waals surface area contributed by atoms with Gasteiger partial charge in [0.1, 0.15) is 5.78 Å². The number of aliphatic hydroxyl groups is 2. The molecule has 0 saturated heterocycles. The van der Waals surface area contributed by atoms with Gasteiger partial charge in [0, 0.05) is 19.3 Å². The summed E-state index contributed by atoms with van der Waals surface area (Å²) in [5.74, 6) is 1.06. The third-order valence-electron chi connectivity index (χ3n) is 10.1. The van der Waals surface area contributed by atoms with E-state index in [1.54, 1.807) is 0 Å². The zero-order chi connectivity index (χ0) is 21.1. The van der Waals surface area contributed by atoms with Crippen molar-refractivity contribution in [3.05, 3.63) is 0 Å². The van der Waals surface area contributed by atoms with Gasteiger partial charge in [-0.25, -0.2) is 0 Å². The normalized spacial score (nSPS) is 50.4. The average Bonchev–Trinajstić information content (AvgIpc) is 3.02. The van der Waals surface area contributed by atoms with Gasteiger partial charge in [-0.2, -0.15) is 0 Å². The van der Waals surface area contributed by atoms with Crippen LogP contribution in [0.15, 0.2) is 0 Å². The third-order valence-corrected chi connectivity index (χ3v) is 10.1. The Morgan fingerprint density at radius 3 is 2.41 bits per heavy atom. The number of carboxylic acid groups (broad SMARTS) is 1. The van der Waals surface area contributed by atoms with Gasteiger partial charge in [-0.3, -0.25) is 9.59 Å². The van der Waals surface area contributed by atoms with Gasteiger partial charge in [0.15, 0.2) is 0 Å². The second-order valence-electron chi connectivity index (χ2n) is 11.3. The molecule has 5 nitrogen and oxygen atoms in total. The van der Waals surface area contributed by atoms with Gasteiger partial charge in [0.2, 0.25) is 0 Å². The fourth-order valence-corrected chi connectivity index (χ4v) is 8.58. The molecule has 0 unspecified atom stereocenters. The Balaban J connectivity index is 1.60. The van der Waals surface area contributed by atoms with E-state index in [1.807, 2.05) is 0 Å². The molecule has 164 valence electrons. The highest BCUT2D eigenvalue weighted by Crippen LogP contribution is 2.68. The molecule has 3 N–H and O–H groups in total. The van der Waals surface area contributed by atoms with Crippen LogP contribution in [0.2, 0.25) is 0 Å². The Hall–Kier alpha value is -0.940. The smallest absolute Gasteiger partial charge is 0.303 e. The molecule has 0 spiro atoms. The van der Waals surface area contributed by atoms with Crippen molar-refractivity contribution in [3.63, 3.8) is 0 Å². The highest BCUT2D eigenvalue weighted by Gasteiger charge is 2.65. The molecule has 0 radical (unpaired) electrons. The fraction of sp³-hybridized carbons (Fsp3) is 0.917. The van der Waals surface area contributed by atoms with Crippen molar-refractivity contribution < 1.29 is 24.9 Å². The quantitative estimate of drug-likeness (QED) is 0.662. The summed E-state index contributed by atoms with van der Waals surface area (Å²) in [6.45, 7) is 6.83. The fourth-order valence-electron chi connectivity index (χ4n) is 8.58. The molecule has 0 aromatic heterocycles. The predicted molar refractivity (Wildman–Crippen MR) is 109 cm³/mol. The number of rotatable bonds is 4. The molecule has 4 aliphatic carbocycles. The second kappa shape index (κ2) is 7.33. The van der Waals surface area contributed by atoms with Crippen LogP contribution in [0.25, 0.3) is 0 Å². The molecule has 0 bridgehead atoms. The summed E-state index contributed by atoms with van der Waals surface area (Å²) in [4.78, 5) is 23.2. The zero-order valence-corrected chi connectivity index (χ0v) is 18.1. The first-order valence-electron chi connectivity index (χ1n) is 11.7. The van der Waals surface area contributed by atoms with Crippen LogP contribution in [0.4, 0.5) is 0 Å². The van der Waals surface area contributed by atoms with Gasteiger partial charge in [-0.15, -0.1) is 0 Å². The Morgan fingerprint density at radius 2 is 1.72 bits per heavy atom. The molecule has 4 fully saturated rings. The van der Waals surface area contributed by atoms with Crippen molar-refractivity contribution in [2.24, 2.45) is 46.3 Å². The Kier molecular flexibility index (Phi) is 5.39. The van der Waals surface area contributed by atoms with Gasteiger partial charge in [0.25, 0.3) is 0 Å². The van der Waals surface area contributed by atoms with Gasteiger partial charge < -0.3 is 15.3 Å². The number of fused-ring (bicyclic) bond motifs is 5. The van der Waals surface area contributed by atoms with Gasteiger partial charge >= 0.3 is 5.97 Å². The molecular formula is C24H38O5. The number of carboxylic acids is 1. The molecule has 4 rings (SSSR count). The average molecular weight is 407 g/mol. The van der Waals surface area contributed by atoms with Crippen molar-refractivity contribution in [1.82, 2.24) is 0 Å². The third kappa shape index (κ3) is 3.18. The monoisotopic (exact) mass is 406 g/mol. The van der Waals surface area contributed by atoms with Crippen molar-refractivity contribution >= 4 is 11.8 Å². The minimum atomic E-state index is -0.809. The van der Waals surface area contributed by atoms with Gasteiger partial charge in [-0.05, 0) is 84.9 Å². The van der Waals surface area contributed by atoms with Gasteiger partial charge in [0.05, 0.1) is 12.2 Å². The topological polar surface area (TPSA) is 94.8 Å². The van der Waals surface area contributed by atoms with Crippen LogP contribution in [0, 0.1) is 46.3 Å². The molecule has 5 heteroatoms. The summed E-state index contributed by atoms with van der Waals surface area (Å²) < 4.78 is 0. The van der Waals surface area contributed by atoms with E-state index in [-0.39, 0.29) is 34.9 Å². The first kappa shape index (κ1) is 21.3. The first-order chi connectivity index (χ1) is 13.6. The highest BCUT2D eigenvalue weighted by atomic mass is 16.4. The molecule has 29 heavy (non-hydrogen) atoms. The van der Waals surface area contributed by atoms with Crippen molar-refractivity contribution in [2.75, 3.05) is 0 Å². The Bertz CT molecular complexity index is 676. The van der Waals surface area contributed by atoms with Crippen molar-refractivity contribution in [1.29, 1.82) is 0 Å². The molecule has 10 atom stereocenters. The number of Topliss-reactive ketones (excluding diaryl/α,β-unsaturated/α-hetero) is 1. The number of hydrogen-bond donors (Lipinski definition) is 3. The largest absolute Gasteiger partial charge is 0.481 e. The number of aliphatic hydroxyl groups excluding tert-OH is 2. The number of aliphatic carboxylic acids is 1. The lowest BCUT2D eigenvalue weighted by atomic mass is 9.43. The van der Waals surface area contributed by atoms with E-state index in [1.165, 1.54) is 0 Å². The second-order valence-corrected chi connectivity index (χ2v) is 11.3.